The number of carbonyl (C=O) groups excluding carboxylic acids is 3. The highest BCUT2D eigenvalue weighted by Gasteiger charge is 2.34. The van der Waals surface area contributed by atoms with Crippen molar-refractivity contribution in [2.24, 2.45) is 11.8 Å². The third-order valence-electron chi connectivity index (χ3n) is 5.04. The number of nitrogens with zero attached hydrogens (tertiary/aromatic N) is 1. The lowest BCUT2D eigenvalue weighted by Gasteiger charge is -2.30. The smallest absolute Gasteiger partial charge is 0.328 e. The maximum Gasteiger partial charge on any atom is 0.328 e. The van der Waals surface area contributed by atoms with Gasteiger partial charge in [0.1, 0.15) is 6.04 Å². The van der Waals surface area contributed by atoms with Gasteiger partial charge in [0.15, 0.2) is 6.61 Å². The normalized spacial score (nSPS) is 18.1. The number of rotatable bonds is 9. The largest absolute Gasteiger partial charge is 0.467 e. The summed E-state index contributed by atoms with van der Waals surface area (Å²) in [5, 5.41) is 2.93. The summed E-state index contributed by atoms with van der Waals surface area (Å²) in [6, 6.07) is 4.98. The maximum absolute atomic E-state index is 12.9. The van der Waals surface area contributed by atoms with Crippen LogP contribution in [0.2, 0.25) is 5.02 Å². The number of nitrogens with one attached hydrogen (secondary N) is 1. The number of esters is 2. The molecule has 0 spiro atoms. The highest BCUT2D eigenvalue weighted by Crippen LogP contribution is 2.25. The van der Waals surface area contributed by atoms with Gasteiger partial charge >= 0.3 is 11.9 Å². The van der Waals surface area contributed by atoms with Crippen molar-refractivity contribution < 1.29 is 32.3 Å². The van der Waals surface area contributed by atoms with Crippen molar-refractivity contribution in [3.63, 3.8) is 0 Å². The number of methoxy groups -OCH3 is 1. The number of amides is 1. The van der Waals surface area contributed by atoms with E-state index in [9.17, 15) is 22.8 Å². The summed E-state index contributed by atoms with van der Waals surface area (Å²) >= 11 is 5.83. The molecular weight excluding hydrogens is 460 g/mol. The Morgan fingerprint density at radius 1 is 1.22 bits per heavy atom. The molecule has 0 radical (unpaired) electrons. The molecule has 32 heavy (non-hydrogen) atoms. The molecule has 1 aromatic rings. The van der Waals surface area contributed by atoms with E-state index < -0.39 is 46.4 Å². The van der Waals surface area contributed by atoms with Gasteiger partial charge in [-0.25, -0.2) is 13.2 Å². The van der Waals surface area contributed by atoms with Gasteiger partial charge in [0.25, 0.3) is 5.91 Å². The van der Waals surface area contributed by atoms with E-state index in [0.29, 0.717) is 24.3 Å². The van der Waals surface area contributed by atoms with Crippen LogP contribution in [-0.2, 0) is 33.9 Å². The Balaban J connectivity index is 1.93. The van der Waals surface area contributed by atoms with Gasteiger partial charge in [-0.15, -0.1) is 0 Å². The van der Waals surface area contributed by atoms with Gasteiger partial charge in [0.2, 0.25) is 10.0 Å². The highest BCUT2D eigenvalue weighted by molar-refractivity contribution is 7.89. The third-order valence-corrected chi connectivity index (χ3v) is 7.17. The van der Waals surface area contributed by atoms with Crippen molar-refractivity contribution in [1.29, 1.82) is 0 Å². The fraction of sp³-hybridized carbons (Fsp3) is 0.571. The molecule has 1 aliphatic rings. The lowest BCUT2D eigenvalue weighted by Crippen LogP contribution is -2.45. The van der Waals surface area contributed by atoms with E-state index in [1.807, 2.05) is 13.8 Å². The molecule has 2 unspecified atom stereocenters. The molecule has 1 heterocycles. The summed E-state index contributed by atoms with van der Waals surface area (Å²) in [5.74, 6) is -2.41. The molecule has 0 aromatic heterocycles. The first-order chi connectivity index (χ1) is 15.0. The fourth-order valence-corrected chi connectivity index (χ4v) is 5.08. The van der Waals surface area contributed by atoms with E-state index in [1.165, 1.54) is 35.7 Å². The van der Waals surface area contributed by atoms with Crippen molar-refractivity contribution in [3.05, 3.63) is 29.3 Å². The number of piperidine rings is 1. The summed E-state index contributed by atoms with van der Waals surface area (Å²) in [6.07, 6.45) is 1.31. The summed E-state index contributed by atoms with van der Waals surface area (Å²) in [7, 11) is -2.55. The topological polar surface area (TPSA) is 119 Å². The van der Waals surface area contributed by atoms with Crippen LogP contribution in [0.4, 0.5) is 0 Å². The Bertz CT molecular complexity index is 919. The number of hydrogen-bond acceptors (Lipinski definition) is 7. The second-order valence-electron chi connectivity index (χ2n) is 8.04. The van der Waals surface area contributed by atoms with Crippen molar-refractivity contribution in [3.8, 4) is 0 Å². The van der Waals surface area contributed by atoms with E-state index >= 15 is 0 Å². The molecule has 1 aromatic carbocycles. The van der Waals surface area contributed by atoms with Crippen LogP contribution < -0.4 is 5.32 Å². The Morgan fingerprint density at radius 2 is 1.88 bits per heavy atom. The molecule has 2 atom stereocenters. The van der Waals surface area contributed by atoms with Crippen molar-refractivity contribution in [1.82, 2.24) is 9.62 Å². The number of carbonyl (C=O) groups is 3. The first-order valence-electron chi connectivity index (χ1n) is 10.3. The van der Waals surface area contributed by atoms with Crippen LogP contribution in [0.15, 0.2) is 29.2 Å². The van der Waals surface area contributed by atoms with Crippen LogP contribution in [0.5, 0.6) is 0 Å². The molecule has 0 bridgehead atoms. The van der Waals surface area contributed by atoms with E-state index in [4.69, 9.17) is 21.1 Å². The predicted molar refractivity (Wildman–Crippen MR) is 117 cm³/mol. The van der Waals surface area contributed by atoms with Crippen LogP contribution >= 0.6 is 11.6 Å². The molecule has 1 amide bonds. The van der Waals surface area contributed by atoms with E-state index in [1.54, 1.807) is 0 Å². The zero-order valence-corrected chi connectivity index (χ0v) is 19.9. The van der Waals surface area contributed by atoms with Gasteiger partial charge in [0.05, 0.1) is 17.9 Å². The molecule has 0 aliphatic carbocycles. The minimum absolute atomic E-state index is 0.0381. The number of hydrogen-bond donors (Lipinski definition) is 1. The minimum Gasteiger partial charge on any atom is -0.467 e. The van der Waals surface area contributed by atoms with E-state index in [2.05, 4.69) is 5.32 Å². The average molecular weight is 489 g/mol. The third kappa shape index (κ3) is 7.18. The second-order valence-corrected chi connectivity index (χ2v) is 10.4. The molecule has 1 aliphatic heterocycles. The number of sulfonamides is 1. The number of benzene rings is 1. The Hall–Kier alpha value is -2.17. The van der Waals surface area contributed by atoms with E-state index in [-0.39, 0.29) is 23.9 Å². The van der Waals surface area contributed by atoms with Gasteiger partial charge in [0, 0.05) is 18.1 Å². The lowest BCUT2D eigenvalue weighted by molar-refractivity contribution is -0.154. The monoisotopic (exact) mass is 488 g/mol. The molecule has 0 saturated carbocycles. The Kier molecular flexibility index (Phi) is 9.47. The summed E-state index contributed by atoms with van der Waals surface area (Å²) in [6.45, 7) is 3.48. The molecule has 1 saturated heterocycles. The molecule has 9 nitrogen and oxygen atoms in total. The first kappa shape index (κ1) is 26.1. The second kappa shape index (κ2) is 11.6. The van der Waals surface area contributed by atoms with Gasteiger partial charge in [-0.3, -0.25) is 9.59 Å². The number of halogens is 1. The molecule has 178 valence electrons. The van der Waals surface area contributed by atoms with Gasteiger partial charge in [-0.05, 0) is 49.4 Å². The zero-order chi connectivity index (χ0) is 23.9. The van der Waals surface area contributed by atoms with Crippen LogP contribution in [0, 0.1) is 11.8 Å². The lowest BCUT2D eigenvalue weighted by atomic mass is 10.00. The van der Waals surface area contributed by atoms with Crippen molar-refractivity contribution >= 4 is 39.5 Å². The molecule has 2 rings (SSSR count). The predicted octanol–water partition coefficient (Wildman–Crippen LogP) is 1.99. The highest BCUT2D eigenvalue weighted by atomic mass is 35.5. The zero-order valence-electron chi connectivity index (χ0n) is 18.4. The quantitative estimate of drug-likeness (QED) is 0.528. The Labute approximate surface area is 193 Å². The molecule has 11 heteroatoms. The van der Waals surface area contributed by atoms with Crippen LogP contribution in [0.25, 0.3) is 0 Å². The van der Waals surface area contributed by atoms with Crippen LogP contribution in [0.1, 0.15) is 33.1 Å². The van der Waals surface area contributed by atoms with Gasteiger partial charge < -0.3 is 14.8 Å². The molecule has 1 N–H and O–H groups in total. The first-order valence-corrected chi connectivity index (χ1v) is 12.2. The number of ether oxygens (including phenoxy) is 2. The Morgan fingerprint density at radius 3 is 2.47 bits per heavy atom. The van der Waals surface area contributed by atoms with E-state index in [0.717, 1.165) is 0 Å². The minimum atomic E-state index is -3.78. The summed E-state index contributed by atoms with van der Waals surface area (Å²) in [4.78, 5) is 36.6. The van der Waals surface area contributed by atoms with Crippen LogP contribution in [0.3, 0.4) is 0 Å². The molecule has 1 fully saturated rings. The summed E-state index contributed by atoms with van der Waals surface area (Å²) in [5.41, 5.74) is 0. The van der Waals surface area contributed by atoms with Crippen molar-refractivity contribution in [2.75, 3.05) is 26.8 Å². The van der Waals surface area contributed by atoms with Crippen LogP contribution in [-0.4, -0.2) is 63.4 Å². The van der Waals surface area contributed by atoms with Crippen molar-refractivity contribution in [2.45, 2.75) is 44.0 Å². The SMILES string of the molecule is COC(=O)C(CC(C)C)NC(=O)COC(=O)C1CCCN(S(=O)(=O)c2ccc(Cl)cc2)C1. The van der Waals surface area contributed by atoms with Gasteiger partial charge in [-0.2, -0.15) is 4.31 Å². The fourth-order valence-electron chi connectivity index (χ4n) is 3.43. The maximum atomic E-state index is 12.9. The molecular formula is C21H29ClN2O7S. The average Bonchev–Trinajstić information content (AvgIpc) is 2.76. The summed E-state index contributed by atoms with van der Waals surface area (Å²) < 4.78 is 36.7. The van der Waals surface area contributed by atoms with Gasteiger partial charge in [-0.1, -0.05) is 25.4 Å². The standard InChI is InChI=1S/C21H29ClN2O7S/c1-14(2)11-18(21(27)30-3)23-19(25)13-31-20(26)15-5-4-10-24(12-15)32(28,29)17-8-6-16(22)7-9-17/h6-9,14-15,18H,4-5,10-13H2,1-3H3,(H,23,25).